The van der Waals surface area contributed by atoms with Crippen LogP contribution in [0.4, 0.5) is 10.5 Å². The van der Waals surface area contributed by atoms with Crippen molar-refractivity contribution in [1.82, 2.24) is 5.32 Å². The second kappa shape index (κ2) is 9.50. The first-order valence-corrected chi connectivity index (χ1v) is 11.4. The molecule has 1 atom stereocenters. The van der Waals surface area contributed by atoms with E-state index in [1.807, 2.05) is 48.5 Å². The van der Waals surface area contributed by atoms with E-state index in [4.69, 9.17) is 9.47 Å². The average molecular weight is 472 g/mol. The summed E-state index contributed by atoms with van der Waals surface area (Å²) in [4.78, 5) is 36.8. The van der Waals surface area contributed by atoms with Gasteiger partial charge in [-0.25, -0.2) is 4.79 Å². The third-order valence-corrected chi connectivity index (χ3v) is 6.29. The lowest BCUT2D eigenvalue weighted by Gasteiger charge is -2.19. The smallest absolute Gasteiger partial charge is 0.407 e. The van der Waals surface area contributed by atoms with Crippen molar-refractivity contribution in [3.8, 4) is 16.9 Å². The molecule has 0 bridgehead atoms. The molecule has 1 unspecified atom stereocenters. The zero-order chi connectivity index (χ0) is 24.4. The van der Waals surface area contributed by atoms with Crippen LogP contribution in [0.5, 0.6) is 5.75 Å². The van der Waals surface area contributed by atoms with Gasteiger partial charge in [0.1, 0.15) is 18.4 Å². The Hall–Kier alpha value is -4.33. The van der Waals surface area contributed by atoms with Crippen molar-refractivity contribution in [2.75, 3.05) is 18.5 Å². The van der Waals surface area contributed by atoms with Crippen LogP contribution in [0, 0.1) is 0 Å². The van der Waals surface area contributed by atoms with Gasteiger partial charge in [-0.2, -0.15) is 0 Å². The Morgan fingerprint density at radius 2 is 1.69 bits per heavy atom. The number of carboxylic acids is 1. The number of hydrogen-bond donors (Lipinski definition) is 3. The van der Waals surface area contributed by atoms with Gasteiger partial charge >= 0.3 is 12.1 Å². The quantitative estimate of drug-likeness (QED) is 0.480. The van der Waals surface area contributed by atoms with Crippen LogP contribution in [0.15, 0.2) is 66.7 Å². The van der Waals surface area contributed by atoms with E-state index >= 15 is 0 Å². The van der Waals surface area contributed by atoms with E-state index < -0.39 is 30.4 Å². The first-order valence-electron chi connectivity index (χ1n) is 11.4. The summed E-state index contributed by atoms with van der Waals surface area (Å²) < 4.78 is 10.9. The molecule has 0 aromatic heterocycles. The Morgan fingerprint density at radius 3 is 2.37 bits per heavy atom. The second-order valence-corrected chi connectivity index (χ2v) is 8.53. The number of benzene rings is 3. The van der Waals surface area contributed by atoms with Gasteiger partial charge < -0.3 is 25.2 Å². The van der Waals surface area contributed by atoms with Gasteiger partial charge in [-0.1, -0.05) is 48.5 Å². The minimum atomic E-state index is -1.30. The van der Waals surface area contributed by atoms with E-state index in [9.17, 15) is 19.5 Å². The molecular formula is C27H24N2O6. The molecule has 0 radical (unpaired) electrons. The van der Waals surface area contributed by atoms with Crippen molar-refractivity contribution in [1.29, 1.82) is 0 Å². The SMILES string of the molecule is O=C(O)CC(NC(=O)OCC1c2ccccc2-c2ccccc21)C(=O)Nc1ccc2c(c1)CCO2. The fraction of sp³-hybridized carbons (Fsp3) is 0.222. The highest BCUT2D eigenvalue weighted by Crippen LogP contribution is 2.44. The molecule has 2 amide bonds. The lowest BCUT2D eigenvalue weighted by molar-refractivity contribution is -0.139. The zero-order valence-electron chi connectivity index (χ0n) is 18.8. The van der Waals surface area contributed by atoms with Crippen LogP contribution in [0.2, 0.25) is 0 Å². The van der Waals surface area contributed by atoms with E-state index in [1.54, 1.807) is 18.2 Å². The molecule has 0 spiro atoms. The summed E-state index contributed by atoms with van der Waals surface area (Å²) in [5, 5.41) is 14.4. The fourth-order valence-corrected chi connectivity index (χ4v) is 4.66. The molecule has 0 fully saturated rings. The molecule has 1 aliphatic heterocycles. The number of carboxylic acid groups (broad SMARTS) is 1. The lowest BCUT2D eigenvalue weighted by atomic mass is 9.98. The summed E-state index contributed by atoms with van der Waals surface area (Å²) in [5.41, 5.74) is 5.77. The van der Waals surface area contributed by atoms with Crippen molar-refractivity contribution in [2.45, 2.75) is 24.8 Å². The third-order valence-electron chi connectivity index (χ3n) is 6.29. The summed E-state index contributed by atoms with van der Waals surface area (Å²) in [6.07, 6.45) is -0.699. The Bertz CT molecular complexity index is 1260. The highest BCUT2D eigenvalue weighted by molar-refractivity contribution is 5.98. The number of aliphatic carboxylic acids is 1. The highest BCUT2D eigenvalue weighted by Gasteiger charge is 2.30. The summed E-state index contributed by atoms with van der Waals surface area (Å²) in [6.45, 7) is 0.643. The van der Waals surface area contributed by atoms with Crippen molar-refractivity contribution in [2.24, 2.45) is 0 Å². The van der Waals surface area contributed by atoms with Crippen molar-refractivity contribution in [3.05, 3.63) is 83.4 Å². The number of carbonyl (C=O) groups excluding carboxylic acids is 2. The number of carbonyl (C=O) groups is 3. The number of alkyl carbamates (subject to hydrolysis) is 1. The molecule has 35 heavy (non-hydrogen) atoms. The zero-order valence-corrected chi connectivity index (χ0v) is 18.8. The maximum absolute atomic E-state index is 12.8. The Labute approximate surface area is 201 Å². The molecule has 2 aliphatic rings. The Kier molecular flexibility index (Phi) is 6.10. The molecular weight excluding hydrogens is 448 g/mol. The van der Waals surface area contributed by atoms with Gasteiger partial charge in [0, 0.05) is 18.0 Å². The number of nitrogens with one attached hydrogen (secondary N) is 2. The standard InChI is InChI=1S/C27H24N2O6/c30-25(31)14-23(26(32)28-17-9-10-24-16(13-17)11-12-34-24)29-27(33)35-15-22-20-7-3-1-5-18(20)19-6-2-4-8-21(19)22/h1-10,13,22-23H,11-12,14-15H2,(H,28,32)(H,29,33)(H,30,31). The molecule has 3 aromatic rings. The number of fused-ring (bicyclic) bond motifs is 4. The molecule has 0 saturated carbocycles. The van der Waals surface area contributed by atoms with E-state index in [0.717, 1.165) is 40.0 Å². The maximum atomic E-state index is 12.8. The molecule has 5 rings (SSSR count). The summed E-state index contributed by atoms with van der Waals surface area (Å²) in [5.74, 6) is -1.23. The number of hydrogen-bond acceptors (Lipinski definition) is 5. The van der Waals surface area contributed by atoms with Crippen LogP contribution < -0.4 is 15.4 Å². The van der Waals surface area contributed by atoms with Crippen LogP contribution in [-0.4, -0.2) is 42.3 Å². The number of ether oxygens (including phenoxy) is 2. The van der Waals surface area contributed by atoms with Crippen molar-refractivity contribution in [3.63, 3.8) is 0 Å². The van der Waals surface area contributed by atoms with E-state index in [0.29, 0.717) is 12.3 Å². The van der Waals surface area contributed by atoms with Crippen LogP contribution in [0.3, 0.4) is 0 Å². The maximum Gasteiger partial charge on any atom is 0.407 e. The molecule has 178 valence electrons. The highest BCUT2D eigenvalue weighted by atomic mass is 16.5. The van der Waals surface area contributed by atoms with Crippen molar-refractivity contribution >= 4 is 23.7 Å². The predicted octanol–water partition coefficient (Wildman–Crippen LogP) is 3.94. The fourth-order valence-electron chi connectivity index (χ4n) is 4.66. The second-order valence-electron chi connectivity index (χ2n) is 8.53. The Morgan fingerprint density at radius 1 is 1.00 bits per heavy atom. The van der Waals surface area contributed by atoms with Gasteiger partial charge in [0.15, 0.2) is 0 Å². The van der Waals surface area contributed by atoms with Gasteiger partial charge in [0.25, 0.3) is 0 Å². The van der Waals surface area contributed by atoms with Gasteiger partial charge in [-0.15, -0.1) is 0 Å². The van der Waals surface area contributed by atoms with E-state index in [1.165, 1.54) is 0 Å². The number of anilines is 1. The lowest BCUT2D eigenvalue weighted by Crippen LogP contribution is -2.45. The molecule has 8 heteroatoms. The average Bonchev–Trinajstić information content (AvgIpc) is 3.44. The Balaban J connectivity index is 1.25. The largest absolute Gasteiger partial charge is 0.493 e. The first kappa shape index (κ1) is 22.5. The number of amides is 2. The van der Waals surface area contributed by atoms with Gasteiger partial charge in [0.05, 0.1) is 13.0 Å². The van der Waals surface area contributed by atoms with Crippen molar-refractivity contribution < 1.29 is 29.0 Å². The molecule has 1 aliphatic carbocycles. The van der Waals surface area contributed by atoms with Crippen LogP contribution in [0.25, 0.3) is 11.1 Å². The van der Waals surface area contributed by atoms with E-state index in [-0.39, 0.29) is 12.5 Å². The summed E-state index contributed by atoms with van der Waals surface area (Å²) >= 11 is 0. The van der Waals surface area contributed by atoms with E-state index in [2.05, 4.69) is 10.6 Å². The van der Waals surface area contributed by atoms with Crippen LogP contribution >= 0.6 is 0 Å². The van der Waals surface area contributed by atoms with Gasteiger partial charge in [-0.3, -0.25) is 9.59 Å². The third kappa shape index (κ3) is 4.68. The minimum absolute atomic E-state index is 0.0616. The molecule has 0 saturated heterocycles. The monoisotopic (exact) mass is 472 g/mol. The predicted molar refractivity (Wildman–Crippen MR) is 129 cm³/mol. The first-order chi connectivity index (χ1) is 17.0. The van der Waals surface area contributed by atoms with Crippen LogP contribution in [0.1, 0.15) is 29.0 Å². The summed E-state index contributed by atoms with van der Waals surface area (Å²) in [7, 11) is 0. The summed E-state index contributed by atoms with van der Waals surface area (Å²) in [6, 6.07) is 19.8. The minimum Gasteiger partial charge on any atom is -0.493 e. The molecule has 8 nitrogen and oxygen atoms in total. The van der Waals surface area contributed by atoms with Gasteiger partial charge in [-0.05, 0) is 46.0 Å². The topological polar surface area (TPSA) is 114 Å². The van der Waals surface area contributed by atoms with Crippen LogP contribution in [-0.2, 0) is 20.7 Å². The molecule has 1 heterocycles. The van der Waals surface area contributed by atoms with Gasteiger partial charge in [0.2, 0.25) is 5.91 Å². The molecule has 3 N–H and O–H groups in total. The number of rotatable bonds is 7. The normalized spacial score (nSPS) is 14.2. The molecule has 3 aromatic carbocycles.